The van der Waals surface area contributed by atoms with Crippen LogP contribution in [0.5, 0.6) is 5.75 Å². The summed E-state index contributed by atoms with van der Waals surface area (Å²) in [6.07, 6.45) is 6.97. The van der Waals surface area contributed by atoms with E-state index in [1.165, 1.54) is 6.07 Å². The minimum atomic E-state index is -0.473. The molecule has 6 nitrogen and oxygen atoms in total. The molecule has 0 bridgehead atoms. The first kappa shape index (κ1) is 22.9. The zero-order valence-corrected chi connectivity index (χ0v) is 20.2. The molecular weight excluding hydrogens is 455 g/mol. The average Bonchev–Trinajstić information content (AvgIpc) is 3.44. The van der Waals surface area contributed by atoms with Gasteiger partial charge >= 0.3 is 0 Å². The van der Waals surface area contributed by atoms with Crippen LogP contribution in [0.25, 0.3) is 22.2 Å². The Hall–Kier alpha value is -2.90. The highest BCUT2D eigenvalue weighted by Crippen LogP contribution is 2.42. The van der Waals surface area contributed by atoms with E-state index in [-0.39, 0.29) is 17.0 Å². The lowest BCUT2D eigenvalue weighted by atomic mass is 9.83. The van der Waals surface area contributed by atoms with E-state index < -0.39 is 5.82 Å². The maximum atomic E-state index is 14.3. The standard InChI is InChI=1S/C26H28ClFN4O2/c1-13(22-21(34-3)9-8-20(28)24(22)27)19-12-30-26-18(19)10-16(11-29-26)23-14(2)31-32-25(23)15-4-6-17(33)7-5-15/h8-13,15,17,33H,4-7H2,1-3H3,(H,29,30)(H,31,32)/t13-,15?,17?/m0/s1. The molecular formula is C26H28ClFN4O2. The molecule has 8 heteroatoms. The molecule has 0 radical (unpaired) electrons. The van der Waals surface area contributed by atoms with Gasteiger partial charge < -0.3 is 14.8 Å². The number of methoxy groups -OCH3 is 1. The van der Waals surface area contributed by atoms with E-state index in [4.69, 9.17) is 16.3 Å². The van der Waals surface area contributed by atoms with Crippen molar-refractivity contribution in [2.24, 2.45) is 0 Å². The average molecular weight is 483 g/mol. The van der Waals surface area contributed by atoms with Crippen LogP contribution in [-0.2, 0) is 0 Å². The molecule has 3 heterocycles. The van der Waals surface area contributed by atoms with Gasteiger partial charge in [0.05, 0.1) is 23.9 Å². The largest absolute Gasteiger partial charge is 0.496 e. The predicted octanol–water partition coefficient (Wildman–Crippen LogP) is 6.23. The third-order valence-corrected chi connectivity index (χ3v) is 7.51. The van der Waals surface area contributed by atoms with Crippen LogP contribution in [0.2, 0.25) is 5.02 Å². The second-order valence-electron chi connectivity index (χ2n) is 9.18. The second kappa shape index (κ2) is 9.04. The fourth-order valence-electron chi connectivity index (χ4n) is 5.26. The van der Waals surface area contributed by atoms with Gasteiger partial charge in [0.15, 0.2) is 0 Å². The van der Waals surface area contributed by atoms with Crippen LogP contribution in [0.4, 0.5) is 4.39 Å². The Kier molecular flexibility index (Phi) is 6.08. The van der Waals surface area contributed by atoms with Gasteiger partial charge in [-0.05, 0) is 56.4 Å². The SMILES string of the molecule is COc1ccc(F)c(Cl)c1[C@@H](C)c1c[nH]c2ncc(-c3c(C4CCC(O)CC4)n[nH]c3C)cc12. The zero-order valence-electron chi connectivity index (χ0n) is 19.5. The van der Waals surface area contributed by atoms with Gasteiger partial charge in [-0.1, -0.05) is 18.5 Å². The van der Waals surface area contributed by atoms with E-state index in [1.54, 1.807) is 13.2 Å². The lowest BCUT2D eigenvalue weighted by Crippen LogP contribution is -2.17. The van der Waals surface area contributed by atoms with Crippen molar-refractivity contribution in [1.29, 1.82) is 0 Å². The van der Waals surface area contributed by atoms with E-state index in [0.29, 0.717) is 17.2 Å². The minimum Gasteiger partial charge on any atom is -0.496 e. The monoisotopic (exact) mass is 482 g/mol. The minimum absolute atomic E-state index is 0.0674. The Balaban J connectivity index is 1.59. The molecule has 0 spiro atoms. The second-order valence-corrected chi connectivity index (χ2v) is 9.56. The number of aliphatic hydroxyl groups is 1. The van der Waals surface area contributed by atoms with Crippen molar-refractivity contribution in [1.82, 2.24) is 20.2 Å². The van der Waals surface area contributed by atoms with E-state index in [9.17, 15) is 9.50 Å². The fraction of sp³-hybridized carbons (Fsp3) is 0.385. The summed E-state index contributed by atoms with van der Waals surface area (Å²) in [5.74, 6) is 0.150. The molecule has 0 saturated heterocycles. The van der Waals surface area contributed by atoms with Gasteiger partial charge in [0.2, 0.25) is 0 Å². The van der Waals surface area contributed by atoms with Crippen LogP contribution in [-0.4, -0.2) is 38.5 Å². The van der Waals surface area contributed by atoms with Gasteiger partial charge in [-0.3, -0.25) is 5.10 Å². The lowest BCUT2D eigenvalue weighted by Gasteiger charge is -2.25. The van der Waals surface area contributed by atoms with E-state index >= 15 is 0 Å². The Morgan fingerprint density at radius 3 is 2.74 bits per heavy atom. The fourth-order valence-corrected chi connectivity index (χ4v) is 5.58. The summed E-state index contributed by atoms with van der Waals surface area (Å²) >= 11 is 6.38. The summed E-state index contributed by atoms with van der Waals surface area (Å²) < 4.78 is 19.8. The zero-order chi connectivity index (χ0) is 24.0. The highest BCUT2D eigenvalue weighted by Gasteiger charge is 2.27. The van der Waals surface area contributed by atoms with Gasteiger partial charge in [-0.25, -0.2) is 9.37 Å². The van der Waals surface area contributed by atoms with Crippen molar-refractivity contribution >= 4 is 22.6 Å². The number of aliphatic hydroxyl groups excluding tert-OH is 1. The molecule has 178 valence electrons. The van der Waals surface area contributed by atoms with Crippen LogP contribution in [0.1, 0.15) is 67.0 Å². The number of hydrogen-bond acceptors (Lipinski definition) is 4. The Bertz CT molecular complexity index is 1340. The molecule has 1 atom stereocenters. The number of hydrogen-bond donors (Lipinski definition) is 3. The highest BCUT2D eigenvalue weighted by atomic mass is 35.5. The van der Waals surface area contributed by atoms with Crippen LogP contribution in [0.15, 0.2) is 30.6 Å². The first-order chi connectivity index (χ1) is 16.4. The molecule has 1 aliphatic rings. The van der Waals surface area contributed by atoms with Crippen LogP contribution >= 0.6 is 11.6 Å². The molecule has 1 aliphatic carbocycles. The Morgan fingerprint density at radius 1 is 1.24 bits per heavy atom. The molecule has 34 heavy (non-hydrogen) atoms. The number of pyridine rings is 1. The number of aromatic nitrogens is 4. The third kappa shape index (κ3) is 3.87. The lowest BCUT2D eigenvalue weighted by molar-refractivity contribution is 0.122. The maximum Gasteiger partial charge on any atom is 0.142 e. The maximum absolute atomic E-state index is 14.3. The molecule has 0 amide bonds. The number of aromatic amines is 2. The van der Waals surface area contributed by atoms with Gasteiger partial charge in [0.25, 0.3) is 0 Å². The summed E-state index contributed by atoms with van der Waals surface area (Å²) in [7, 11) is 1.56. The van der Waals surface area contributed by atoms with Gasteiger partial charge in [-0.2, -0.15) is 5.10 Å². The molecule has 3 N–H and O–H groups in total. The topological polar surface area (TPSA) is 86.8 Å². The molecule has 0 unspecified atom stereocenters. The summed E-state index contributed by atoms with van der Waals surface area (Å²) in [6, 6.07) is 5.04. The normalized spacial score (nSPS) is 19.5. The van der Waals surface area contributed by atoms with Crippen LogP contribution in [0.3, 0.4) is 0 Å². The van der Waals surface area contributed by atoms with Crippen molar-refractivity contribution in [2.45, 2.75) is 57.5 Å². The number of H-pyrrole nitrogens is 2. The highest BCUT2D eigenvalue weighted by molar-refractivity contribution is 6.31. The van der Waals surface area contributed by atoms with E-state index in [2.05, 4.69) is 26.2 Å². The summed E-state index contributed by atoms with van der Waals surface area (Å²) in [5, 5.41) is 18.7. The third-order valence-electron chi connectivity index (χ3n) is 7.12. The number of benzene rings is 1. The molecule has 1 aromatic carbocycles. The molecule has 5 rings (SSSR count). The molecule has 0 aliphatic heterocycles. The smallest absolute Gasteiger partial charge is 0.142 e. The molecule has 3 aromatic heterocycles. The van der Waals surface area contributed by atoms with Gasteiger partial charge in [0.1, 0.15) is 17.2 Å². The molecule has 1 saturated carbocycles. The Labute approximate surface area is 202 Å². The first-order valence-corrected chi connectivity index (χ1v) is 12.0. The van der Waals surface area contributed by atoms with Crippen molar-refractivity contribution in [3.8, 4) is 16.9 Å². The molecule has 1 fully saturated rings. The van der Waals surface area contributed by atoms with Crippen LogP contribution < -0.4 is 4.74 Å². The number of halogens is 2. The number of nitrogens with one attached hydrogen (secondary N) is 2. The quantitative estimate of drug-likeness (QED) is 0.314. The van der Waals surface area contributed by atoms with E-state index in [1.807, 2.05) is 26.2 Å². The number of aryl methyl sites for hydroxylation is 1. The number of nitrogens with zero attached hydrogens (tertiary/aromatic N) is 2. The van der Waals surface area contributed by atoms with Crippen molar-refractivity contribution in [3.63, 3.8) is 0 Å². The van der Waals surface area contributed by atoms with Crippen molar-refractivity contribution < 1.29 is 14.2 Å². The molecule has 4 aromatic rings. The van der Waals surface area contributed by atoms with Gasteiger partial charge in [0, 0.05) is 52.0 Å². The number of rotatable bonds is 5. The van der Waals surface area contributed by atoms with Crippen LogP contribution in [0, 0.1) is 12.7 Å². The van der Waals surface area contributed by atoms with Gasteiger partial charge in [-0.15, -0.1) is 0 Å². The summed E-state index contributed by atoms with van der Waals surface area (Å²) in [5.41, 5.74) is 6.38. The Morgan fingerprint density at radius 2 is 2.00 bits per heavy atom. The summed E-state index contributed by atoms with van der Waals surface area (Å²) in [6.45, 7) is 4.01. The van der Waals surface area contributed by atoms with Crippen molar-refractivity contribution in [2.75, 3.05) is 7.11 Å². The van der Waals surface area contributed by atoms with E-state index in [0.717, 1.165) is 64.8 Å². The number of fused-ring (bicyclic) bond motifs is 1. The first-order valence-electron chi connectivity index (χ1n) is 11.6. The van der Waals surface area contributed by atoms with Crippen molar-refractivity contribution in [3.05, 3.63) is 63.9 Å². The summed E-state index contributed by atoms with van der Waals surface area (Å²) in [4.78, 5) is 7.92. The number of ether oxygens (including phenoxy) is 1. The predicted molar refractivity (Wildman–Crippen MR) is 131 cm³/mol.